The number of urea groups is 1. The van der Waals surface area contributed by atoms with Gasteiger partial charge in [0.25, 0.3) is 0 Å². The molecule has 2 unspecified atom stereocenters. The molecule has 0 radical (unpaired) electrons. The number of rotatable bonds is 4. The van der Waals surface area contributed by atoms with E-state index in [-0.39, 0.29) is 18.6 Å². The fourth-order valence-electron chi connectivity index (χ4n) is 2.76. The molecule has 7 heteroatoms. The molecule has 1 saturated heterocycles. The van der Waals surface area contributed by atoms with Crippen LogP contribution < -0.4 is 10.1 Å². The molecule has 6 nitrogen and oxygen atoms in total. The fraction of sp³-hybridized carbons (Fsp3) is 0.500. The van der Waals surface area contributed by atoms with E-state index >= 15 is 0 Å². The molecule has 23 heavy (non-hydrogen) atoms. The molecule has 1 heterocycles. The third kappa shape index (κ3) is 4.37. The van der Waals surface area contributed by atoms with Gasteiger partial charge < -0.3 is 20.1 Å². The lowest BCUT2D eigenvalue weighted by atomic mass is 9.98. The van der Waals surface area contributed by atoms with Gasteiger partial charge in [0.1, 0.15) is 5.75 Å². The number of amides is 2. The zero-order valence-corrected chi connectivity index (χ0v) is 14.8. The minimum absolute atomic E-state index is 0.240. The maximum atomic E-state index is 12.4. The van der Waals surface area contributed by atoms with Crippen LogP contribution in [0.15, 0.2) is 22.7 Å². The van der Waals surface area contributed by atoms with Crippen LogP contribution in [-0.4, -0.2) is 42.2 Å². The van der Waals surface area contributed by atoms with Crippen molar-refractivity contribution < 1.29 is 19.4 Å². The van der Waals surface area contributed by atoms with Gasteiger partial charge in [-0.1, -0.05) is 22.0 Å². The molecule has 1 fully saturated rings. The van der Waals surface area contributed by atoms with Crippen molar-refractivity contribution in [1.82, 2.24) is 10.2 Å². The zero-order chi connectivity index (χ0) is 17.0. The number of hydrogen-bond acceptors (Lipinski definition) is 3. The first-order valence-corrected chi connectivity index (χ1v) is 8.33. The number of ether oxygens (including phenoxy) is 1. The van der Waals surface area contributed by atoms with E-state index < -0.39 is 11.9 Å². The monoisotopic (exact) mass is 384 g/mol. The van der Waals surface area contributed by atoms with Crippen molar-refractivity contribution in [3.05, 3.63) is 28.2 Å². The molecule has 1 aromatic rings. The van der Waals surface area contributed by atoms with E-state index in [1.807, 2.05) is 25.1 Å². The van der Waals surface area contributed by atoms with E-state index in [0.29, 0.717) is 25.1 Å². The highest BCUT2D eigenvalue weighted by Gasteiger charge is 2.29. The highest BCUT2D eigenvalue weighted by Crippen LogP contribution is 2.28. The van der Waals surface area contributed by atoms with Crippen LogP contribution in [0.2, 0.25) is 0 Å². The summed E-state index contributed by atoms with van der Waals surface area (Å²) in [6.45, 7) is 2.72. The summed E-state index contributed by atoms with van der Waals surface area (Å²) in [7, 11) is 1.59. The van der Waals surface area contributed by atoms with Crippen molar-refractivity contribution in [1.29, 1.82) is 0 Å². The Hall–Kier alpha value is -1.76. The van der Waals surface area contributed by atoms with E-state index in [0.717, 1.165) is 10.0 Å². The molecule has 1 aromatic carbocycles. The number of carbonyl (C=O) groups is 2. The smallest absolute Gasteiger partial charge is 0.317 e. The minimum Gasteiger partial charge on any atom is -0.496 e. The second kappa shape index (κ2) is 7.68. The van der Waals surface area contributed by atoms with Crippen LogP contribution in [0.1, 0.15) is 31.4 Å². The number of likely N-dealkylation sites (tertiary alicyclic amines) is 1. The Morgan fingerprint density at radius 1 is 1.48 bits per heavy atom. The van der Waals surface area contributed by atoms with Crippen molar-refractivity contribution in [3.8, 4) is 5.75 Å². The summed E-state index contributed by atoms with van der Waals surface area (Å²) in [5.41, 5.74) is 0.871. The Labute approximate surface area is 143 Å². The van der Waals surface area contributed by atoms with E-state index in [9.17, 15) is 9.59 Å². The van der Waals surface area contributed by atoms with Gasteiger partial charge in [-0.15, -0.1) is 0 Å². The van der Waals surface area contributed by atoms with Crippen LogP contribution in [0.25, 0.3) is 0 Å². The summed E-state index contributed by atoms with van der Waals surface area (Å²) in [6, 6.07) is 5.15. The van der Waals surface area contributed by atoms with Crippen LogP contribution in [0.4, 0.5) is 4.79 Å². The summed E-state index contributed by atoms with van der Waals surface area (Å²) in [5, 5.41) is 12.0. The van der Waals surface area contributed by atoms with Crippen LogP contribution >= 0.6 is 15.9 Å². The summed E-state index contributed by atoms with van der Waals surface area (Å²) < 4.78 is 6.25. The van der Waals surface area contributed by atoms with Gasteiger partial charge in [0, 0.05) is 23.1 Å². The highest BCUT2D eigenvalue weighted by molar-refractivity contribution is 9.10. The molecule has 126 valence electrons. The van der Waals surface area contributed by atoms with Gasteiger partial charge in [-0.25, -0.2) is 4.79 Å². The first-order valence-electron chi connectivity index (χ1n) is 7.54. The number of carbonyl (C=O) groups excluding carboxylic acids is 1. The molecule has 2 rings (SSSR count). The molecular weight excluding hydrogens is 364 g/mol. The zero-order valence-electron chi connectivity index (χ0n) is 13.2. The van der Waals surface area contributed by atoms with Crippen molar-refractivity contribution in [2.24, 2.45) is 5.92 Å². The molecule has 2 amide bonds. The van der Waals surface area contributed by atoms with Crippen LogP contribution in [0, 0.1) is 5.92 Å². The standard InChI is InChI=1S/C16H21BrN2O4/c1-10(13-6-5-12(17)8-14(13)23-2)18-16(22)19-7-3-4-11(9-19)15(20)21/h5-6,8,10-11H,3-4,7,9H2,1-2H3,(H,18,22)(H,20,21). The molecule has 1 aliphatic rings. The van der Waals surface area contributed by atoms with Gasteiger partial charge in [0.05, 0.1) is 19.1 Å². The Kier molecular flexibility index (Phi) is 5.87. The molecule has 0 aromatic heterocycles. The van der Waals surface area contributed by atoms with Crippen LogP contribution in [0.3, 0.4) is 0 Å². The van der Waals surface area contributed by atoms with E-state index in [4.69, 9.17) is 9.84 Å². The van der Waals surface area contributed by atoms with Crippen molar-refractivity contribution in [2.75, 3.05) is 20.2 Å². The van der Waals surface area contributed by atoms with Crippen molar-refractivity contribution in [3.63, 3.8) is 0 Å². The minimum atomic E-state index is -0.842. The molecule has 2 N–H and O–H groups in total. The van der Waals surface area contributed by atoms with E-state index in [2.05, 4.69) is 21.2 Å². The number of carboxylic acid groups (broad SMARTS) is 1. The molecule has 1 aliphatic heterocycles. The number of piperidine rings is 1. The summed E-state index contributed by atoms with van der Waals surface area (Å²) in [5.74, 6) is -0.633. The second-order valence-corrected chi connectivity index (χ2v) is 6.60. The lowest BCUT2D eigenvalue weighted by molar-refractivity contribution is -0.143. The number of hydrogen-bond donors (Lipinski definition) is 2. The van der Waals surface area contributed by atoms with Gasteiger partial charge >= 0.3 is 12.0 Å². The number of nitrogens with zero attached hydrogens (tertiary/aromatic N) is 1. The SMILES string of the molecule is COc1cc(Br)ccc1C(C)NC(=O)N1CCCC(C(=O)O)C1. The van der Waals surface area contributed by atoms with Crippen molar-refractivity contribution >= 4 is 27.9 Å². The summed E-state index contributed by atoms with van der Waals surface area (Å²) >= 11 is 3.39. The molecule has 0 aliphatic carbocycles. The van der Waals surface area contributed by atoms with Gasteiger partial charge in [0.2, 0.25) is 0 Å². The maximum Gasteiger partial charge on any atom is 0.317 e. The number of methoxy groups -OCH3 is 1. The number of nitrogens with one attached hydrogen (secondary N) is 1. The number of aliphatic carboxylic acids is 1. The summed E-state index contributed by atoms with van der Waals surface area (Å²) in [6.07, 6.45) is 1.33. The first-order chi connectivity index (χ1) is 10.9. The Morgan fingerprint density at radius 2 is 2.22 bits per heavy atom. The van der Waals surface area contributed by atoms with E-state index in [1.54, 1.807) is 12.0 Å². The fourth-order valence-corrected chi connectivity index (χ4v) is 3.10. The largest absolute Gasteiger partial charge is 0.496 e. The number of halogens is 1. The van der Waals surface area contributed by atoms with Gasteiger partial charge in [-0.2, -0.15) is 0 Å². The maximum absolute atomic E-state index is 12.4. The number of carboxylic acids is 1. The molecule has 0 spiro atoms. The predicted molar refractivity (Wildman–Crippen MR) is 89.6 cm³/mol. The van der Waals surface area contributed by atoms with Crippen LogP contribution in [0.5, 0.6) is 5.75 Å². The lowest BCUT2D eigenvalue weighted by Gasteiger charge is -2.32. The highest BCUT2D eigenvalue weighted by atomic mass is 79.9. The van der Waals surface area contributed by atoms with Gasteiger partial charge in [-0.3, -0.25) is 4.79 Å². The van der Waals surface area contributed by atoms with Crippen LogP contribution in [-0.2, 0) is 4.79 Å². The third-order valence-electron chi connectivity index (χ3n) is 4.06. The molecule has 0 bridgehead atoms. The molecule has 2 atom stereocenters. The average Bonchev–Trinajstić information content (AvgIpc) is 2.54. The first kappa shape index (κ1) is 17.6. The molecule has 0 saturated carbocycles. The van der Waals surface area contributed by atoms with Gasteiger partial charge in [-0.05, 0) is 31.9 Å². The van der Waals surface area contributed by atoms with E-state index in [1.165, 1.54) is 0 Å². The lowest BCUT2D eigenvalue weighted by Crippen LogP contribution is -2.47. The Morgan fingerprint density at radius 3 is 2.87 bits per heavy atom. The Bertz CT molecular complexity index is 593. The molecular formula is C16H21BrN2O4. The average molecular weight is 385 g/mol. The predicted octanol–water partition coefficient (Wildman–Crippen LogP) is 3.02. The Balaban J connectivity index is 2.03. The topological polar surface area (TPSA) is 78.9 Å². The number of benzene rings is 1. The second-order valence-electron chi connectivity index (χ2n) is 5.68. The van der Waals surface area contributed by atoms with Gasteiger partial charge in [0.15, 0.2) is 0 Å². The quantitative estimate of drug-likeness (QED) is 0.835. The normalized spacial score (nSPS) is 19.1. The third-order valence-corrected chi connectivity index (χ3v) is 4.55. The summed E-state index contributed by atoms with van der Waals surface area (Å²) in [4.78, 5) is 25.1. The van der Waals surface area contributed by atoms with Crippen molar-refractivity contribution in [2.45, 2.75) is 25.8 Å².